The lowest BCUT2D eigenvalue weighted by Crippen LogP contribution is -2.36. The molecule has 4 unspecified atom stereocenters. The number of rotatable bonds is 8. The van der Waals surface area contributed by atoms with Crippen molar-refractivity contribution >= 4 is 46.3 Å². The van der Waals surface area contributed by atoms with E-state index in [4.69, 9.17) is 52.7 Å². The number of nitrogens with one attached hydrogen (secondary N) is 1. The number of nitrogens with zero attached hydrogens (tertiary/aromatic N) is 6. The van der Waals surface area contributed by atoms with Gasteiger partial charge in [0.05, 0.1) is 16.2 Å². The van der Waals surface area contributed by atoms with E-state index in [2.05, 4.69) is 16.3 Å². The number of ether oxygens (including phenoxy) is 2. The van der Waals surface area contributed by atoms with Crippen LogP contribution < -0.4 is 10.2 Å². The van der Waals surface area contributed by atoms with Crippen LogP contribution in [0, 0.1) is 11.8 Å². The summed E-state index contributed by atoms with van der Waals surface area (Å²) in [6.45, 7) is 2.89. The van der Waals surface area contributed by atoms with Crippen molar-refractivity contribution in [2.75, 3.05) is 31.1 Å². The SMILES string of the molecule is O=C(NCC1(c2ccccn2)C2CCN(c3cnc4c(-c5cccc(Cl)c5Cl)nn(C5CCCCO5)c4n3)CC21)OCc1ccccc1. The quantitative estimate of drug-likeness (QED) is 0.183. The summed E-state index contributed by atoms with van der Waals surface area (Å²) < 4.78 is 13.6. The van der Waals surface area contributed by atoms with Gasteiger partial charge in [-0.05, 0) is 61.3 Å². The highest BCUT2D eigenvalue weighted by Crippen LogP contribution is 2.63. The number of carbonyl (C=O) groups excluding carboxylic acids is 1. The third kappa shape index (κ3) is 5.65. The minimum Gasteiger partial charge on any atom is -0.445 e. The molecule has 2 saturated heterocycles. The Hall–Kier alpha value is -4.25. The number of hydrogen-bond acceptors (Lipinski definition) is 8. The van der Waals surface area contributed by atoms with E-state index in [0.29, 0.717) is 51.5 Å². The monoisotopic (exact) mass is 683 g/mol. The van der Waals surface area contributed by atoms with E-state index in [-0.39, 0.29) is 24.2 Å². The number of pyridine rings is 1. The Kier molecular flexibility index (Phi) is 8.40. The van der Waals surface area contributed by atoms with Gasteiger partial charge in [-0.2, -0.15) is 5.10 Å². The highest BCUT2D eigenvalue weighted by Gasteiger charge is 2.67. The molecule has 5 heterocycles. The van der Waals surface area contributed by atoms with Crippen molar-refractivity contribution < 1.29 is 14.3 Å². The van der Waals surface area contributed by atoms with Crippen LogP contribution in [0.3, 0.4) is 0 Å². The molecule has 0 bridgehead atoms. The van der Waals surface area contributed by atoms with E-state index in [1.54, 1.807) is 6.07 Å². The predicted molar refractivity (Wildman–Crippen MR) is 184 cm³/mol. The molecule has 246 valence electrons. The maximum Gasteiger partial charge on any atom is 0.407 e. The number of halogens is 2. The number of benzene rings is 2. The van der Waals surface area contributed by atoms with Crippen LogP contribution in [0.5, 0.6) is 0 Å². The molecule has 2 aromatic carbocycles. The van der Waals surface area contributed by atoms with Gasteiger partial charge in [0.15, 0.2) is 11.9 Å². The Morgan fingerprint density at radius 3 is 2.69 bits per heavy atom. The first-order valence-electron chi connectivity index (χ1n) is 16.4. The molecule has 12 heteroatoms. The average Bonchev–Trinajstić information content (AvgIpc) is 3.64. The lowest BCUT2D eigenvalue weighted by atomic mass is 9.96. The maximum absolute atomic E-state index is 12.8. The van der Waals surface area contributed by atoms with E-state index >= 15 is 0 Å². The van der Waals surface area contributed by atoms with Crippen molar-refractivity contribution in [3.63, 3.8) is 0 Å². The molecule has 5 aromatic rings. The minimum absolute atomic E-state index is 0.221. The first-order chi connectivity index (χ1) is 23.5. The Balaban J connectivity index is 1.06. The lowest BCUT2D eigenvalue weighted by molar-refractivity contribution is -0.0368. The van der Waals surface area contributed by atoms with Gasteiger partial charge in [-0.15, -0.1) is 0 Å². The van der Waals surface area contributed by atoms with Crippen LogP contribution in [0.2, 0.25) is 10.0 Å². The molecular weight excluding hydrogens is 649 g/mol. The predicted octanol–water partition coefficient (Wildman–Crippen LogP) is 7.21. The molecule has 0 radical (unpaired) electrons. The first kappa shape index (κ1) is 31.0. The van der Waals surface area contributed by atoms with Crippen LogP contribution in [0.1, 0.15) is 43.2 Å². The third-order valence-electron chi connectivity index (χ3n) is 10.1. The van der Waals surface area contributed by atoms with Crippen LogP contribution in [0.15, 0.2) is 79.1 Å². The zero-order chi connectivity index (χ0) is 32.7. The van der Waals surface area contributed by atoms with Crippen molar-refractivity contribution in [3.05, 3.63) is 100 Å². The average molecular weight is 685 g/mol. The fourth-order valence-electron chi connectivity index (χ4n) is 7.59. The van der Waals surface area contributed by atoms with Gasteiger partial charge in [0, 0.05) is 49.1 Å². The molecule has 1 amide bonds. The zero-order valence-electron chi connectivity index (χ0n) is 26.3. The van der Waals surface area contributed by atoms with Crippen molar-refractivity contribution in [2.24, 2.45) is 11.8 Å². The van der Waals surface area contributed by atoms with Crippen LogP contribution in [0.25, 0.3) is 22.4 Å². The summed E-state index contributed by atoms with van der Waals surface area (Å²) in [4.78, 5) is 30.0. The number of anilines is 1. The molecular formula is C36H35Cl2N7O3. The number of aromatic nitrogens is 5. The molecule has 10 nitrogen and oxygen atoms in total. The van der Waals surface area contributed by atoms with E-state index in [1.807, 2.05) is 71.7 Å². The summed E-state index contributed by atoms with van der Waals surface area (Å²) in [7, 11) is 0. The summed E-state index contributed by atoms with van der Waals surface area (Å²) in [6.07, 6.45) is 6.81. The van der Waals surface area contributed by atoms with Gasteiger partial charge in [0.1, 0.15) is 23.6 Å². The third-order valence-corrected chi connectivity index (χ3v) is 10.9. The van der Waals surface area contributed by atoms with Gasteiger partial charge < -0.3 is 19.7 Å². The van der Waals surface area contributed by atoms with Crippen LogP contribution in [0.4, 0.5) is 10.6 Å². The summed E-state index contributed by atoms with van der Waals surface area (Å²) in [5, 5.41) is 8.93. The zero-order valence-corrected chi connectivity index (χ0v) is 27.8. The van der Waals surface area contributed by atoms with E-state index in [9.17, 15) is 4.79 Å². The minimum atomic E-state index is -0.431. The Bertz CT molecular complexity index is 1940. The van der Waals surface area contributed by atoms with Crippen molar-refractivity contribution in [1.82, 2.24) is 30.0 Å². The second-order valence-corrected chi connectivity index (χ2v) is 13.5. The van der Waals surface area contributed by atoms with Crippen molar-refractivity contribution in [1.29, 1.82) is 0 Å². The summed E-state index contributed by atoms with van der Waals surface area (Å²) in [6, 6.07) is 21.2. The maximum atomic E-state index is 12.8. The molecule has 1 aliphatic carbocycles. The number of amides is 1. The number of carbonyl (C=O) groups is 1. The van der Waals surface area contributed by atoms with E-state index < -0.39 is 6.09 Å². The molecule has 3 fully saturated rings. The largest absolute Gasteiger partial charge is 0.445 e. The Labute approximate surface area is 288 Å². The van der Waals surface area contributed by atoms with Crippen LogP contribution in [-0.4, -0.2) is 57.1 Å². The fourth-order valence-corrected chi connectivity index (χ4v) is 7.98. The molecule has 0 spiro atoms. The topological polar surface area (TPSA) is 107 Å². The highest BCUT2D eigenvalue weighted by atomic mass is 35.5. The van der Waals surface area contributed by atoms with Gasteiger partial charge in [-0.3, -0.25) is 4.98 Å². The first-order valence-corrected chi connectivity index (χ1v) is 17.2. The molecule has 3 aliphatic rings. The Morgan fingerprint density at radius 1 is 1.00 bits per heavy atom. The molecule has 4 atom stereocenters. The van der Waals surface area contributed by atoms with Gasteiger partial charge in [-0.1, -0.05) is 71.7 Å². The molecule has 3 aromatic heterocycles. The number of hydrogen-bond donors (Lipinski definition) is 1. The molecule has 1 N–H and O–H groups in total. The fraction of sp³-hybridized carbons (Fsp3) is 0.361. The summed E-state index contributed by atoms with van der Waals surface area (Å²) in [5.41, 5.74) is 4.28. The second kappa shape index (κ2) is 13.0. The van der Waals surface area contributed by atoms with Crippen LogP contribution >= 0.6 is 23.2 Å². The van der Waals surface area contributed by atoms with Crippen molar-refractivity contribution in [3.8, 4) is 11.3 Å². The number of alkyl carbamates (subject to hydrolysis) is 1. The highest BCUT2D eigenvalue weighted by molar-refractivity contribution is 6.43. The van der Waals surface area contributed by atoms with Gasteiger partial charge in [0.25, 0.3) is 0 Å². The normalized spacial score (nSPS) is 23.5. The van der Waals surface area contributed by atoms with Crippen LogP contribution in [-0.2, 0) is 21.5 Å². The van der Waals surface area contributed by atoms with Gasteiger partial charge in [-0.25, -0.2) is 19.4 Å². The Morgan fingerprint density at radius 2 is 1.88 bits per heavy atom. The standard InChI is InChI=1S/C36H35Cl2N7O3/c37-27-12-8-11-24(31(27)38)32-33-34(45(43-32)30-14-5-7-18-47-30)42-29(19-40-33)44-17-15-25-26(20-44)36(25,28-13-4-6-16-39-28)22-41-35(46)48-21-23-9-2-1-3-10-23/h1-4,6,8-13,16,19,25-26,30H,5,7,14-15,17-18,20-22H2,(H,41,46). The number of piperidine rings is 1. The van der Waals surface area contributed by atoms with Gasteiger partial charge >= 0.3 is 6.09 Å². The van der Waals surface area contributed by atoms with Gasteiger partial charge in [0.2, 0.25) is 0 Å². The molecule has 48 heavy (non-hydrogen) atoms. The summed E-state index contributed by atoms with van der Waals surface area (Å²) in [5.74, 6) is 1.41. The smallest absolute Gasteiger partial charge is 0.407 e. The second-order valence-electron chi connectivity index (χ2n) is 12.7. The number of fused-ring (bicyclic) bond motifs is 2. The van der Waals surface area contributed by atoms with E-state index in [0.717, 1.165) is 55.8 Å². The molecule has 8 rings (SSSR count). The lowest BCUT2D eigenvalue weighted by Gasteiger charge is -2.27. The molecule has 2 aliphatic heterocycles. The molecule has 1 saturated carbocycles. The van der Waals surface area contributed by atoms with E-state index in [1.165, 1.54) is 0 Å². The summed E-state index contributed by atoms with van der Waals surface area (Å²) >= 11 is 13.1. The van der Waals surface area contributed by atoms with Crippen molar-refractivity contribution in [2.45, 2.75) is 43.9 Å².